The predicted molar refractivity (Wildman–Crippen MR) is 86.4 cm³/mol. The first-order valence-corrected chi connectivity index (χ1v) is 7.45. The summed E-state index contributed by atoms with van der Waals surface area (Å²) in [5.41, 5.74) is 6.73. The molecule has 1 aromatic carbocycles. The van der Waals surface area contributed by atoms with E-state index in [0.717, 1.165) is 31.2 Å². The molecule has 5 heteroatoms. The molecule has 21 heavy (non-hydrogen) atoms. The fourth-order valence-corrected chi connectivity index (χ4v) is 2.63. The zero-order chi connectivity index (χ0) is 14.4. The van der Waals surface area contributed by atoms with Crippen LogP contribution in [-0.4, -0.2) is 24.7 Å². The molecule has 0 aromatic heterocycles. The van der Waals surface area contributed by atoms with Gasteiger partial charge in [0.15, 0.2) is 0 Å². The van der Waals surface area contributed by atoms with E-state index in [0.29, 0.717) is 6.54 Å². The van der Waals surface area contributed by atoms with Crippen molar-refractivity contribution in [2.75, 3.05) is 6.54 Å². The molecule has 0 spiro atoms. The topological polar surface area (TPSA) is 64.4 Å². The quantitative estimate of drug-likeness (QED) is 0.848. The summed E-state index contributed by atoms with van der Waals surface area (Å²) >= 11 is 0. The SMILES string of the molecule is CCCC(NC(=O)[C@@H]1CC[C@H](CN)O1)c1ccccc1.Cl. The first kappa shape index (κ1) is 18.0. The lowest BCUT2D eigenvalue weighted by Crippen LogP contribution is -2.37. The predicted octanol–water partition coefficient (Wildman–Crippen LogP) is 2.57. The number of hydrogen-bond acceptors (Lipinski definition) is 3. The van der Waals surface area contributed by atoms with Gasteiger partial charge in [-0.2, -0.15) is 0 Å². The van der Waals surface area contributed by atoms with E-state index in [-0.39, 0.29) is 36.6 Å². The van der Waals surface area contributed by atoms with Gasteiger partial charge in [-0.3, -0.25) is 4.79 Å². The molecule has 1 aliphatic rings. The molecule has 3 atom stereocenters. The van der Waals surface area contributed by atoms with Gasteiger partial charge in [-0.25, -0.2) is 0 Å². The zero-order valence-electron chi connectivity index (χ0n) is 12.5. The van der Waals surface area contributed by atoms with E-state index in [1.165, 1.54) is 0 Å². The second kappa shape index (κ2) is 9.03. The lowest BCUT2D eigenvalue weighted by molar-refractivity contribution is -0.132. The number of rotatable bonds is 6. The van der Waals surface area contributed by atoms with Gasteiger partial charge in [0.05, 0.1) is 12.1 Å². The van der Waals surface area contributed by atoms with Crippen LogP contribution in [0.3, 0.4) is 0 Å². The normalized spacial score (nSPS) is 22.4. The van der Waals surface area contributed by atoms with E-state index in [9.17, 15) is 4.79 Å². The average Bonchev–Trinajstić information content (AvgIpc) is 2.97. The highest BCUT2D eigenvalue weighted by atomic mass is 35.5. The number of halogens is 1. The number of carbonyl (C=O) groups excluding carboxylic acids is 1. The summed E-state index contributed by atoms with van der Waals surface area (Å²) in [6.07, 6.45) is 3.29. The summed E-state index contributed by atoms with van der Waals surface area (Å²) in [6.45, 7) is 2.61. The maximum atomic E-state index is 12.3. The van der Waals surface area contributed by atoms with Gasteiger partial charge in [0.25, 0.3) is 0 Å². The molecular formula is C16H25ClN2O2. The summed E-state index contributed by atoms with van der Waals surface area (Å²) in [5, 5.41) is 3.12. The molecule has 1 saturated heterocycles. The van der Waals surface area contributed by atoms with Crippen LogP contribution < -0.4 is 11.1 Å². The van der Waals surface area contributed by atoms with Gasteiger partial charge in [0.2, 0.25) is 5.91 Å². The third-order valence-corrected chi connectivity index (χ3v) is 3.76. The number of carbonyl (C=O) groups is 1. The maximum Gasteiger partial charge on any atom is 0.249 e. The summed E-state index contributed by atoms with van der Waals surface area (Å²) in [5.74, 6) is -0.0109. The molecule has 1 unspecified atom stereocenters. The van der Waals surface area contributed by atoms with E-state index in [4.69, 9.17) is 10.5 Å². The Morgan fingerprint density at radius 1 is 1.38 bits per heavy atom. The first-order valence-electron chi connectivity index (χ1n) is 7.45. The molecule has 3 N–H and O–H groups in total. The van der Waals surface area contributed by atoms with Gasteiger partial charge < -0.3 is 15.8 Å². The van der Waals surface area contributed by atoms with Crippen LogP contribution in [-0.2, 0) is 9.53 Å². The Kier molecular flexibility index (Phi) is 7.72. The number of nitrogens with two attached hydrogens (primary N) is 1. The Balaban J connectivity index is 0.00000220. The molecule has 1 heterocycles. The van der Waals surface area contributed by atoms with Crippen molar-refractivity contribution in [3.8, 4) is 0 Å². The van der Waals surface area contributed by atoms with Gasteiger partial charge in [-0.05, 0) is 24.8 Å². The van der Waals surface area contributed by atoms with Crippen molar-refractivity contribution in [3.63, 3.8) is 0 Å². The monoisotopic (exact) mass is 312 g/mol. The van der Waals surface area contributed by atoms with Crippen molar-refractivity contribution in [1.29, 1.82) is 0 Å². The molecule has 1 fully saturated rings. The third kappa shape index (κ3) is 4.99. The summed E-state index contributed by atoms with van der Waals surface area (Å²) < 4.78 is 5.65. The molecule has 2 rings (SSSR count). The molecule has 1 aromatic rings. The molecule has 0 saturated carbocycles. The number of amides is 1. The van der Waals surface area contributed by atoms with Crippen molar-refractivity contribution in [2.45, 2.75) is 50.9 Å². The van der Waals surface area contributed by atoms with Gasteiger partial charge in [-0.15, -0.1) is 12.4 Å². The minimum atomic E-state index is -0.341. The van der Waals surface area contributed by atoms with E-state index in [2.05, 4.69) is 24.4 Å². The maximum absolute atomic E-state index is 12.3. The molecule has 118 valence electrons. The second-order valence-electron chi connectivity index (χ2n) is 5.32. The Morgan fingerprint density at radius 2 is 2.10 bits per heavy atom. The van der Waals surface area contributed by atoms with Crippen molar-refractivity contribution >= 4 is 18.3 Å². The Labute approximate surface area is 132 Å². The largest absolute Gasteiger partial charge is 0.364 e. The first-order chi connectivity index (χ1) is 9.74. The number of hydrogen-bond donors (Lipinski definition) is 2. The summed E-state index contributed by atoms with van der Waals surface area (Å²) in [4.78, 5) is 12.3. The van der Waals surface area contributed by atoms with Crippen molar-refractivity contribution in [2.24, 2.45) is 5.73 Å². The lowest BCUT2D eigenvalue weighted by atomic mass is 10.0. The lowest BCUT2D eigenvalue weighted by Gasteiger charge is -2.21. The zero-order valence-corrected chi connectivity index (χ0v) is 13.3. The number of benzene rings is 1. The fraction of sp³-hybridized carbons (Fsp3) is 0.562. The van der Waals surface area contributed by atoms with Crippen LogP contribution in [0.15, 0.2) is 30.3 Å². The number of nitrogens with one attached hydrogen (secondary N) is 1. The molecule has 4 nitrogen and oxygen atoms in total. The minimum Gasteiger partial charge on any atom is -0.364 e. The Hall–Kier alpha value is -1.10. The molecule has 1 amide bonds. The second-order valence-corrected chi connectivity index (χ2v) is 5.32. The average molecular weight is 313 g/mol. The standard InChI is InChI=1S/C16H24N2O2.ClH/c1-2-6-14(12-7-4-3-5-8-12)18-16(19)15-10-9-13(11-17)20-15;/h3-5,7-8,13-15H,2,6,9-11,17H2,1H3,(H,18,19);1H/t13-,14?,15+;/m1./s1. The van der Waals surface area contributed by atoms with Gasteiger partial charge in [-0.1, -0.05) is 43.7 Å². The van der Waals surface area contributed by atoms with Crippen molar-refractivity contribution in [1.82, 2.24) is 5.32 Å². The Bertz CT molecular complexity index is 428. The van der Waals surface area contributed by atoms with Crippen LogP contribution in [0.2, 0.25) is 0 Å². The van der Waals surface area contributed by atoms with Gasteiger partial charge >= 0.3 is 0 Å². The van der Waals surface area contributed by atoms with E-state index in [1.54, 1.807) is 0 Å². The van der Waals surface area contributed by atoms with Crippen molar-refractivity contribution < 1.29 is 9.53 Å². The number of ether oxygens (including phenoxy) is 1. The third-order valence-electron chi connectivity index (χ3n) is 3.76. The van der Waals surface area contributed by atoms with Crippen LogP contribution in [0.5, 0.6) is 0 Å². The highest BCUT2D eigenvalue weighted by Gasteiger charge is 2.30. The molecule has 0 radical (unpaired) electrons. The fourth-order valence-electron chi connectivity index (χ4n) is 2.63. The van der Waals surface area contributed by atoms with Gasteiger partial charge in [0, 0.05) is 6.54 Å². The van der Waals surface area contributed by atoms with Crippen LogP contribution in [0.25, 0.3) is 0 Å². The van der Waals surface area contributed by atoms with Crippen LogP contribution in [0, 0.1) is 0 Å². The summed E-state index contributed by atoms with van der Waals surface area (Å²) in [6, 6.07) is 10.2. The van der Waals surface area contributed by atoms with Crippen molar-refractivity contribution in [3.05, 3.63) is 35.9 Å². The molecule has 0 aliphatic carbocycles. The Morgan fingerprint density at radius 3 is 2.67 bits per heavy atom. The van der Waals surface area contributed by atoms with E-state index < -0.39 is 0 Å². The van der Waals surface area contributed by atoms with E-state index in [1.807, 2.05) is 18.2 Å². The van der Waals surface area contributed by atoms with Gasteiger partial charge in [0.1, 0.15) is 6.10 Å². The summed E-state index contributed by atoms with van der Waals surface area (Å²) in [7, 11) is 0. The molecular weight excluding hydrogens is 288 g/mol. The van der Waals surface area contributed by atoms with Crippen LogP contribution >= 0.6 is 12.4 Å². The molecule has 0 bridgehead atoms. The molecule has 1 aliphatic heterocycles. The van der Waals surface area contributed by atoms with Crippen LogP contribution in [0.1, 0.15) is 44.2 Å². The highest BCUT2D eigenvalue weighted by molar-refractivity contribution is 5.85. The smallest absolute Gasteiger partial charge is 0.249 e. The minimum absolute atomic E-state index is 0. The van der Waals surface area contributed by atoms with E-state index >= 15 is 0 Å². The highest BCUT2D eigenvalue weighted by Crippen LogP contribution is 2.22. The van der Waals surface area contributed by atoms with Crippen LogP contribution in [0.4, 0.5) is 0 Å².